The number of hydrogen-bond acceptors (Lipinski definition) is 4. The molecule has 4 N–H and O–H groups in total. The summed E-state index contributed by atoms with van der Waals surface area (Å²) >= 11 is 0. The van der Waals surface area contributed by atoms with Gasteiger partial charge in [-0.25, -0.2) is 4.98 Å². The van der Waals surface area contributed by atoms with E-state index in [1.807, 2.05) is 30.5 Å². The lowest BCUT2D eigenvalue weighted by Crippen LogP contribution is -2.36. The number of imidazole rings is 1. The average molecular weight is 418 g/mol. The molecule has 0 bridgehead atoms. The number of likely N-dealkylation sites (N-methyl/N-ethyl adjacent to an activating group) is 1. The zero-order chi connectivity index (χ0) is 22.0. The van der Waals surface area contributed by atoms with E-state index in [-0.39, 0.29) is 17.7 Å². The normalized spacial score (nSPS) is 11.0. The van der Waals surface area contributed by atoms with E-state index in [4.69, 9.17) is 5.73 Å². The topological polar surface area (TPSA) is 130 Å². The lowest BCUT2D eigenvalue weighted by molar-refractivity contribution is 0.0794. The molecule has 0 aliphatic carbocycles. The van der Waals surface area contributed by atoms with Crippen molar-refractivity contribution >= 4 is 22.7 Å². The minimum atomic E-state index is -0.707. The maximum absolute atomic E-state index is 13.1. The monoisotopic (exact) mass is 418 g/mol. The Kier molecular flexibility index (Phi) is 5.40. The van der Waals surface area contributed by atoms with Gasteiger partial charge in [-0.15, -0.1) is 0 Å². The number of nitrogens with two attached hydrogens (primary N) is 1. The molecule has 3 aromatic heterocycles. The van der Waals surface area contributed by atoms with Crippen molar-refractivity contribution in [2.75, 3.05) is 13.6 Å². The minimum Gasteiger partial charge on any atom is -0.366 e. The molecule has 0 radical (unpaired) electrons. The van der Waals surface area contributed by atoms with Gasteiger partial charge in [-0.1, -0.05) is 12.1 Å². The standard InChI is InChI=1S/C22H22N6O3/c1-27(8-6-16-10-24-13-26-16)21(30)18-9-15(20(23)29)12-28(22(18)31)11-14-3-2-4-19-17(14)5-7-25-19/h2-5,7,9-10,12-13,25H,6,8,11H2,1H3,(H2,23,29)(H,24,26). The number of rotatable bonds is 7. The zero-order valence-electron chi connectivity index (χ0n) is 17.0. The maximum atomic E-state index is 13.1. The zero-order valence-corrected chi connectivity index (χ0v) is 17.0. The number of H-pyrrole nitrogens is 2. The van der Waals surface area contributed by atoms with Gasteiger partial charge in [0.25, 0.3) is 11.5 Å². The third-order valence-electron chi connectivity index (χ3n) is 5.23. The fourth-order valence-electron chi connectivity index (χ4n) is 3.53. The summed E-state index contributed by atoms with van der Waals surface area (Å²) in [4.78, 5) is 49.6. The second kappa shape index (κ2) is 8.31. The maximum Gasteiger partial charge on any atom is 0.263 e. The van der Waals surface area contributed by atoms with Crippen LogP contribution in [0.1, 0.15) is 32.0 Å². The Hall–Kier alpha value is -4.14. The van der Waals surface area contributed by atoms with Crippen molar-refractivity contribution < 1.29 is 9.59 Å². The molecule has 1 aromatic carbocycles. The van der Waals surface area contributed by atoms with Crippen molar-refractivity contribution in [2.24, 2.45) is 5.73 Å². The van der Waals surface area contributed by atoms with E-state index in [0.29, 0.717) is 13.0 Å². The highest BCUT2D eigenvalue weighted by atomic mass is 16.2. The van der Waals surface area contributed by atoms with Crippen LogP contribution in [0.3, 0.4) is 0 Å². The van der Waals surface area contributed by atoms with Gasteiger partial charge in [0.15, 0.2) is 0 Å². The molecule has 0 spiro atoms. The summed E-state index contributed by atoms with van der Waals surface area (Å²) in [5, 5.41) is 0.961. The number of aromatic amines is 2. The van der Waals surface area contributed by atoms with E-state index in [2.05, 4.69) is 15.0 Å². The summed E-state index contributed by atoms with van der Waals surface area (Å²) in [6.45, 7) is 0.568. The third kappa shape index (κ3) is 4.11. The molecule has 31 heavy (non-hydrogen) atoms. The number of benzene rings is 1. The van der Waals surface area contributed by atoms with E-state index < -0.39 is 17.4 Å². The second-order valence-electron chi connectivity index (χ2n) is 7.33. The van der Waals surface area contributed by atoms with Crippen LogP contribution in [0.4, 0.5) is 0 Å². The van der Waals surface area contributed by atoms with Gasteiger partial charge >= 0.3 is 0 Å². The summed E-state index contributed by atoms with van der Waals surface area (Å²) in [7, 11) is 1.61. The number of fused-ring (bicyclic) bond motifs is 1. The fourth-order valence-corrected chi connectivity index (χ4v) is 3.53. The molecule has 9 heteroatoms. The van der Waals surface area contributed by atoms with E-state index in [1.54, 1.807) is 19.6 Å². The van der Waals surface area contributed by atoms with Crippen LogP contribution in [-0.2, 0) is 13.0 Å². The van der Waals surface area contributed by atoms with Crippen molar-refractivity contribution in [2.45, 2.75) is 13.0 Å². The molecule has 158 valence electrons. The van der Waals surface area contributed by atoms with Gasteiger partial charge in [-0.05, 0) is 23.8 Å². The van der Waals surface area contributed by atoms with Crippen molar-refractivity contribution in [3.05, 3.63) is 88.0 Å². The summed E-state index contributed by atoms with van der Waals surface area (Å²) < 4.78 is 1.36. The summed E-state index contributed by atoms with van der Waals surface area (Å²) in [6.07, 6.45) is 7.07. The van der Waals surface area contributed by atoms with Crippen molar-refractivity contribution in [1.82, 2.24) is 24.4 Å². The highest BCUT2D eigenvalue weighted by Crippen LogP contribution is 2.18. The predicted octanol–water partition coefficient (Wildman–Crippen LogP) is 1.51. The van der Waals surface area contributed by atoms with Gasteiger partial charge in [0.05, 0.1) is 24.1 Å². The van der Waals surface area contributed by atoms with Crippen LogP contribution in [0.2, 0.25) is 0 Å². The Balaban J connectivity index is 1.67. The summed E-state index contributed by atoms with van der Waals surface area (Å²) in [5.41, 5.74) is 7.63. The smallest absolute Gasteiger partial charge is 0.263 e. The van der Waals surface area contributed by atoms with Gasteiger partial charge in [-0.3, -0.25) is 14.4 Å². The first-order valence-corrected chi connectivity index (χ1v) is 9.76. The van der Waals surface area contributed by atoms with Gasteiger partial charge in [0.1, 0.15) is 5.56 Å². The van der Waals surface area contributed by atoms with Crippen LogP contribution in [0.5, 0.6) is 0 Å². The number of aromatic nitrogens is 4. The van der Waals surface area contributed by atoms with E-state index in [0.717, 1.165) is 22.2 Å². The Labute approximate surface area is 177 Å². The molecule has 0 aliphatic heterocycles. The number of carbonyl (C=O) groups is 2. The van der Waals surface area contributed by atoms with Gasteiger partial charge in [0, 0.05) is 49.5 Å². The number of hydrogen-bond donors (Lipinski definition) is 3. The molecule has 9 nitrogen and oxygen atoms in total. The quantitative estimate of drug-likeness (QED) is 0.420. The number of amides is 2. The molecular weight excluding hydrogens is 396 g/mol. The molecule has 0 unspecified atom stereocenters. The molecule has 2 amide bonds. The van der Waals surface area contributed by atoms with E-state index in [1.165, 1.54) is 21.7 Å². The Morgan fingerprint density at radius 1 is 1.26 bits per heavy atom. The molecule has 0 saturated carbocycles. The summed E-state index contributed by atoms with van der Waals surface area (Å²) in [6, 6.07) is 8.90. The Morgan fingerprint density at radius 3 is 2.84 bits per heavy atom. The minimum absolute atomic E-state index is 0.0953. The van der Waals surface area contributed by atoms with Crippen LogP contribution in [-0.4, -0.2) is 49.8 Å². The molecule has 4 rings (SSSR count). The molecule has 3 heterocycles. The SMILES string of the molecule is CN(CCc1c[nH]cn1)C(=O)c1cc(C(N)=O)cn(Cc2cccc3[nH]ccc23)c1=O. The molecule has 0 aliphatic rings. The fraction of sp³-hybridized carbons (Fsp3) is 0.182. The van der Waals surface area contributed by atoms with Crippen LogP contribution in [0, 0.1) is 0 Å². The molecule has 0 saturated heterocycles. The molecular formula is C22H22N6O3. The van der Waals surface area contributed by atoms with E-state index >= 15 is 0 Å². The molecule has 0 fully saturated rings. The van der Waals surface area contributed by atoms with Crippen molar-refractivity contribution in [3.8, 4) is 0 Å². The summed E-state index contributed by atoms with van der Waals surface area (Å²) in [5.74, 6) is -1.18. The van der Waals surface area contributed by atoms with Crippen molar-refractivity contribution in [3.63, 3.8) is 0 Å². The van der Waals surface area contributed by atoms with Crippen LogP contribution < -0.4 is 11.3 Å². The highest BCUT2D eigenvalue weighted by Gasteiger charge is 2.20. The number of carbonyl (C=O) groups excluding carboxylic acids is 2. The first-order valence-electron chi connectivity index (χ1n) is 9.76. The third-order valence-corrected chi connectivity index (χ3v) is 5.23. The van der Waals surface area contributed by atoms with Crippen molar-refractivity contribution in [1.29, 1.82) is 0 Å². The van der Waals surface area contributed by atoms with Crippen LogP contribution >= 0.6 is 0 Å². The first kappa shape index (κ1) is 20.1. The highest BCUT2D eigenvalue weighted by molar-refractivity contribution is 5.98. The predicted molar refractivity (Wildman–Crippen MR) is 116 cm³/mol. The number of pyridine rings is 1. The molecule has 4 aromatic rings. The van der Waals surface area contributed by atoms with Crippen LogP contribution in [0.15, 0.2) is 60.0 Å². The Morgan fingerprint density at radius 2 is 2.10 bits per heavy atom. The average Bonchev–Trinajstić information content (AvgIpc) is 3.45. The lowest BCUT2D eigenvalue weighted by atomic mass is 10.1. The van der Waals surface area contributed by atoms with Gasteiger partial charge in [0.2, 0.25) is 5.91 Å². The number of nitrogens with one attached hydrogen (secondary N) is 2. The van der Waals surface area contributed by atoms with Gasteiger partial charge in [-0.2, -0.15) is 0 Å². The Bertz CT molecular complexity index is 1300. The number of primary amides is 1. The lowest BCUT2D eigenvalue weighted by Gasteiger charge is -2.18. The first-order chi connectivity index (χ1) is 14.9. The molecule has 0 atom stereocenters. The van der Waals surface area contributed by atoms with Gasteiger partial charge < -0.3 is 25.2 Å². The van der Waals surface area contributed by atoms with E-state index in [9.17, 15) is 14.4 Å². The second-order valence-corrected chi connectivity index (χ2v) is 7.33. The van der Waals surface area contributed by atoms with Crippen LogP contribution in [0.25, 0.3) is 10.9 Å². The number of nitrogens with zero attached hydrogens (tertiary/aromatic N) is 3. The largest absolute Gasteiger partial charge is 0.366 e.